The van der Waals surface area contributed by atoms with E-state index in [0.29, 0.717) is 0 Å². The summed E-state index contributed by atoms with van der Waals surface area (Å²) in [5, 5.41) is 2.15. The van der Waals surface area contributed by atoms with Crippen molar-refractivity contribution >= 4 is 12.2 Å². The molecule has 2 heteroatoms. The second kappa shape index (κ2) is 2.69. The molecule has 0 amide bonds. The first-order valence-corrected chi connectivity index (χ1v) is 3.43. The van der Waals surface area contributed by atoms with Crippen LogP contribution >= 0.6 is 0 Å². The number of aromatic nitrogens is 2. The molecule has 0 aromatic carbocycles. The lowest BCUT2D eigenvalue weighted by Crippen LogP contribution is -2.23. The Bertz CT molecular complexity index is 288. The van der Waals surface area contributed by atoms with Gasteiger partial charge in [0.05, 0.1) is 10.7 Å². The van der Waals surface area contributed by atoms with Crippen molar-refractivity contribution < 1.29 is 0 Å². The van der Waals surface area contributed by atoms with Gasteiger partial charge in [0.2, 0.25) is 0 Å². The molecule has 1 heterocycles. The van der Waals surface area contributed by atoms with Crippen molar-refractivity contribution in [1.29, 1.82) is 0 Å². The molecule has 1 N–H and O–H groups in total. The summed E-state index contributed by atoms with van der Waals surface area (Å²) < 4.78 is 0. The summed E-state index contributed by atoms with van der Waals surface area (Å²) in [5.41, 5.74) is 0. The quantitative estimate of drug-likeness (QED) is 0.546. The van der Waals surface area contributed by atoms with E-state index < -0.39 is 0 Å². The Morgan fingerprint density at radius 3 is 2.40 bits per heavy atom. The lowest BCUT2D eigenvalue weighted by molar-refractivity contribution is 1.13. The number of aryl methyl sites for hydroxylation is 1. The van der Waals surface area contributed by atoms with Crippen LogP contribution in [0, 0.1) is 6.92 Å². The molecule has 0 saturated heterocycles. The second-order valence-corrected chi connectivity index (χ2v) is 2.20. The number of H-pyrrole nitrogens is 1. The zero-order chi connectivity index (χ0) is 7.56. The Kier molecular flexibility index (Phi) is 1.90. The minimum Gasteiger partial charge on any atom is -0.342 e. The molecule has 1 aromatic heterocycles. The van der Waals surface area contributed by atoms with Gasteiger partial charge in [0.15, 0.2) is 0 Å². The van der Waals surface area contributed by atoms with Crippen LogP contribution in [0.4, 0.5) is 0 Å². The minimum atomic E-state index is 0.973. The molecule has 0 aliphatic heterocycles. The fraction of sp³-hybridized carbons (Fsp3) is 0.375. The number of rotatable bonds is 0. The topological polar surface area (TPSA) is 28.7 Å². The van der Waals surface area contributed by atoms with Gasteiger partial charge in [-0.3, -0.25) is 0 Å². The molecule has 10 heavy (non-hydrogen) atoms. The van der Waals surface area contributed by atoms with E-state index in [1.165, 1.54) is 0 Å². The highest BCUT2D eigenvalue weighted by atomic mass is 14.9. The number of hydrogen-bond acceptors (Lipinski definition) is 1. The first kappa shape index (κ1) is 7.06. The summed E-state index contributed by atoms with van der Waals surface area (Å²) in [6, 6.07) is 0. The fourth-order valence-corrected chi connectivity index (χ4v) is 0.968. The fourth-order valence-electron chi connectivity index (χ4n) is 0.968. The summed E-state index contributed by atoms with van der Waals surface area (Å²) in [4.78, 5) is 7.40. The van der Waals surface area contributed by atoms with Gasteiger partial charge in [-0.05, 0) is 20.8 Å². The Hall–Kier alpha value is -1.05. The van der Waals surface area contributed by atoms with E-state index in [2.05, 4.69) is 9.97 Å². The molecule has 54 valence electrons. The van der Waals surface area contributed by atoms with Crippen molar-refractivity contribution in [1.82, 2.24) is 9.97 Å². The summed E-state index contributed by atoms with van der Waals surface area (Å²) >= 11 is 0. The number of aromatic amines is 1. The summed E-state index contributed by atoms with van der Waals surface area (Å²) in [6.07, 6.45) is 4.02. The van der Waals surface area contributed by atoms with Gasteiger partial charge in [0, 0.05) is 0 Å². The van der Waals surface area contributed by atoms with Crippen LogP contribution in [0.1, 0.15) is 19.7 Å². The minimum absolute atomic E-state index is 0.973. The third kappa shape index (κ3) is 1.10. The largest absolute Gasteiger partial charge is 0.342 e. The first-order valence-electron chi connectivity index (χ1n) is 3.43. The SMILES string of the molecule is C/C=c1/nc(C)[nH]/c1=C/C. The molecule has 0 fully saturated rings. The molecule has 0 unspecified atom stereocenters. The van der Waals surface area contributed by atoms with Crippen LogP contribution in [0.15, 0.2) is 0 Å². The van der Waals surface area contributed by atoms with Crippen molar-refractivity contribution in [2.24, 2.45) is 0 Å². The van der Waals surface area contributed by atoms with Gasteiger partial charge in [-0.15, -0.1) is 0 Å². The predicted octanol–water partition coefficient (Wildman–Crippen LogP) is 0.319. The average molecular weight is 136 g/mol. The Morgan fingerprint density at radius 2 is 2.00 bits per heavy atom. The van der Waals surface area contributed by atoms with E-state index in [9.17, 15) is 0 Å². The molecule has 0 spiro atoms. The van der Waals surface area contributed by atoms with Gasteiger partial charge >= 0.3 is 0 Å². The zero-order valence-corrected chi connectivity index (χ0v) is 6.60. The van der Waals surface area contributed by atoms with Crippen molar-refractivity contribution in [3.05, 3.63) is 16.5 Å². The molecule has 1 rings (SSSR count). The van der Waals surface area contributed by atoms with Crippen LogP contribution in [0.25, 0.3) is 12.2 Å². The van der Waals surface area contributed by atoms with Crippen molar-refractivity contribution in [2.45, 2.75) is 20.8 Å². The maximum absolute atomic E-state index is 4.26. The van der Waals surface area contributed by atoms with Crippen LogP contribution in [-0.2, 0) is 0 Å². The van der Waals surface area contributed by atoms with E-state index in [4.69, 9.17) is 0 Å². The number of nitrogens with zero attached hydrogens (tertiary/aromatic N) is 1. The molecular weight excluding hydrogens is 124 g/mol. The van der Waals surface area contributed by atoms with Crippen LogP contribution < -0.4 is 10.7 Å². The predicted molar refractivity (Wildman–Crippen MR) is 42.9 cm³/mol. The normalized spacial score (nSPS) is 14.7. The van der Waals surface area contributed by atoms with Gasteiger partial charge in [0.25, 0.3) is 0 Å². The van der Waals surface area contributed by atoms with Gasteiger partial charge in [-0.2, -0.15) is 0 Å². The van der Waals surface area contributed by atoms with E-state index in [-0.39, 0.29) is 0 Å². The van der Waals surface area contributed by atoms with Gasteiger partial charge in [-0.1, -0.05) is 12.2 Å². The Labute approximate surface area is 60.3 Å². The van der Waals surface area contributed by atoms with Crippen LogP contribution in [0.2, 0.25) is 0 Å². The number of imidazole rings is 1. The highest BCUT2D eigenvalue weighted by Gasteiger charge is 1.87. The molecule has 2 nitrogen and oxygen atoms in total. The molecule has 0 atom stereocenters. The monoisotopic (exact) mass is 136 g/mol. The highest BCUT2D eigenvalue weighted by Crippen LogP contribution is 1.71. The summed E-state index contributed by atoms with van der Waals surface area (Å²) in [5.74, 6) is 0.973. The molecule has 0 bridgehead atoms. The van der Waals surface area contributed by atoms with E-state index in [0.717, 1.165) is 16.5 Å². The highest BCUT2D eigenvalue weighted by molar-refractivity contribution is 5.22. The molecule has 0 radical (unpaired) electrons. The zero-order valence-electron chi connectivity index (χ0n) is 6.60. The van der Waals surface area contributed by atoms with E-state index >= 15 is 0 Å². The molecule has 0 aliphatic carbocycles. The average Bonchev–Trinajstić information content (AvgIpc) is 2.30. The van der Waals surface area contributed by atoms with Crippen molar-refractivity contribution in [3.8, 4) is 0 Å². The molecule has 0 saturated carbocycles. The number of hydrogen-bond donors (Lipinski definition) is 1. The lowest BCUT2D eigenvalue weighted by Gasteiger charge is -1.72. The Morgan fingerprint density at radius 1 is 1.30 bits per heavy atom. The molecule has 0 aliphatic rings. The summed E-state index contributed by atoms with van der Waals surface area (Å²) in [6.45, 7) is 5.95. The third-order valence-electron chi connectivity index (χ3n) is 1.44. The van der Waals surface area contributed by atoms with E-state index in [1.807, 2.05) is 32.9 Å². The standard InChI is InChI=1S/C8H12N2/c1-4-7-8(5-2)10-6(3)9-7/h4-5H,1-3H3,(H,9,10)/b7-4+,8-5+. The van der Waals surface area contributed by atoms with Crippen LogP contribution in [0.5, 0.6) is 0 Å². The lowest BCUT2D eigenvalue weighted by atomic mass is 10.5. The summed E-state index contributed by atoms with van der Waals surface area (Å²) in [7, 11) is 0. The first-order chi connectivity index (χ1) is 4.77. The smallest absolute Gasteiger partial charge is 0.104 e. The van der Waals surface area contributed by atoms with Gasteiger partial charge < -0.3 is 4.98 Å². The maximum atomic E-state index is 4.26. The van der Waals surface area contributed by atoms with Crippen LogP contribution in [0.3, 0.4) is 0 Å². The van der Waals surface area contributed by atoms with Gasteiger partial charge in [-0.25, -0.2) is 4.98 Å². The van der Waals surface area contributed by atoms with Crippen molar-refractivity contribution in [3.63, 3.8) is 0 Å². The van der Waals surface area contributed by atoms with Gasteiger partial charge in [0.1, 0.15) is 5.82 Å². The third-order valence-corrected chi connectivity index (χ3v) is 1.44. The van der Waals surface area contributed by atoms with Crippen LogP contribution in [-0.4, -0.2) is 9.97 Å². The molecular formula is C8H12N2. The molecule has 1 aromatic rings. The second-order valence-electron chi connectivity index (χ2n) is 2.20. The van der Waals surface area contributed by atoms with E-state index in [1.54, 1.807) is 0 Å². The Balaban J connectivity index is 3.53. The maximum Gasteiger partial charge on any atom is 0.104 e. The van der Waals surface area contributed by atoms with Crippen molar-refractivity contribution in [2.75, 3.05) is 0 Å². The number of nitrogens with one attached hydrogen (secondary N) is 1.